The highest BCUT2D eigenvalue weighted by Crippen LogP contribution is 2.12. The number of nitrogens with zero attached hydrogens (tertiary/aromatic N) is 1. The number of aromatic nitrogens is 1. The Balaban J connectivity index is 2.36. The van der Waals surface area contributed by atoms with Crippen LogP contribution in [0.2, 0.25) is 0 Å². The van der Waals surface area contributed by atoms with Crippen LogP contribution in [0.1, 0.15) is 25.8 Å². The number of hydrogen-bond acceptors (Lipinski definition) is 2. The molecule has 1 N–H and O–H groups in total. The Labute approximate surface area is 97.1 Å². The van der Waals surface area contributed by atoms with Crippen LogP contribution in [0.3, 0.4) is 0 Å². The van der Waals surface area contributed by atoms with E-state index in [2.05, 4.69) is 31.1 Å². The third-order valence-corrected chi connectivity index (χ3v) is 2.48. The van der Waals surface area contributed by atoms with Crippen molar-refractivity contribution in [1.29, 1.82) is 0 Å². The number of rotatable bonds is 5. The van der Waals surface area contributed by atoms with E-state index in [1.807, 2.05) is 18.3 Å². The Morgan fingerprint density at radius 3 is 2.80 bits per heavy atom. The molecule has 0 aliphatic rings. The zero-order valence-corrected chi connectivity index (χ0v) is 10.4. The minimum absolute atomic E-state index is 0.173. The van der Waals surface area contributed by atoms with E-state index < -0.39 is 0 Å². The lowest BCUT2D eigenvalue weighted by Crippen LogP contribution is -2.16. The molecule has 0 aliphatic carbocycles. The lowest BCUT2D eigenvalue weighted by Gasteiger charge is -2.13. The number of pyridine rings is 1. The average Bonchev–Trinajstić information content (AvgIpc) is 2.14. The van der Waals surface area contributed by atoms with Gasteiger partial charge in [-0.1, -0.05) is 13.8 Å². The summed E-state index contributed by atoms with van der Waals surface area (Å²) < 4.78 is 0. The minimum Gasteiger partial charge on any atom is -0.369 e. The van der Waals surface area contributed by atoms with Gasteiger partial charge in [-0.15, -0.1) is 11.6 Å². The van der Waals surface area contributed by atoms with Gasteiger partial charge in [0.25, 0.3) is 0 Å². The van der Waals surface area contributed by atoms with Gasteiger partial charge >= 0.3 is 0 Å². The first-order valence-corrected chi connectivity index (χ1v) is 5.82. The largest absolute Gasteiger partial charge is 0.369 e. The zero-order valence-electron chi connectivity index (χ0n) is 9.63. The fourth-order valence-electron chi connectivity index (χ4n) is 1.44. The van der Waals surface area contributed by atoms with E-state index in [9.17, 15) is 0 Å². The van der Waals surface area contributed by atoms with Crippen molar-refractivity contribution in [2.75, 3.05) is 11.9 Å². The van der Waals surface area contributed by atoms with E-state index in [4.69, 9.17) is 11.6 Å². The van der Waals surface area contributed by atoms with Crippen molar-refractivity contribution in [2.45, 2.75) is 32.6 Å². The van der Waals surface area contributed by atoms with Crippen LogP contribution >= 0.6 is 11.6 Å². The lowest BCUT2D eigenvalue weighted by molar-refractivity contribution is 0.572. The molecule has 0 fully saturated rings. The Hall–Kier alpha value is -0.760. The molecule has 1 aromatic heterocycles. The second-order valence-corrected chi connectivity index (χ2v) is 4.94. The topological polar surface area (TPSA) is 24.9 Å². The molecule has 0 aromatic carbocycles. The van der Waals surface area contributed by atoms with Crippen molar-refractivity contribution in [2.24, 2.45) is 5.92 Å². The smallest absolute Gasteiger partial charge is 0.126 e. The van der Waals surface area contributed by atoms with Crippen molar-refractivity contribution >= 4 is 17.4 Å². The fourth-order valence-corrected chi connectivity index (χ4v) is 1.88. The van der Waals surface area contributed by atoms with E-state index >= 15 is 0 Å². The van der Waals surface area contributed by atoms with Gasteiger partial charge in [-0.25, -0.2) is 4.98 Å². The van der Waals surface area contributed by atoms with Gasteiger partial charge in [0.2, 0.25) is 0 Å². The number of aryl methyl sites for hydroxylation is 1. The first-order chi connectivity index (χ1) is 7.08. The summed E-state index contributed by atoms with van der Waals surface area (Å²) in [6.07, 6.45) is 2.84. The van der Waals surface area contributed by atoms with Crippen LogP contribution in [-0.2, 0) is 0 Å². The molecule has 2 nitrogen and oxygen atoms in total. The molecule has 0 saturated carbocycles. The van der Waals surface area contributed by atoms with Crippen molar-refractivity contribution in [3.05, 3.63) is 23.9 Å². The van der Waals surface area contributed by atoms with Gasteiger partial charge in [-0.05, 0) is 37.0 Å². The summed E-state index contributed by atoms with van der Waals surface area (Å²) in [6, 6.07) is 4.01. The molecule has 0 amide bonds. The van der Waals surface area contributed by atoms with Crippen molar-refractivity contribution in [3.8, 4) is 0 Å². The highest BCUT2D eigenvalue weighted by atomic mass is 35.5. The van der Waals surface area contributed by atoms with Crippen LogP contribution in [0.25, 0.3) is 0 Å². The molecule has 0 aliphatic heterocycles. The molecule has 0 spiro atoms. The normalized spacial score (nSPS) is 12.9. The maximum Gasteiger partial charge on any atom is 0.126 e. The monoisotopic (exact) mass is 226 g/mol. The third kappa shape index (κ3) is 5.03. The van der Waals surface area contributed by atoms with E-state index in [0.29, 0.717) is 5.92 Å². The number of hydrogen-bond donors (Lipinski definition) is 1. The summed E-state index contributed by atoms with van der Waals surface area (Å²) in [4.78, 5) is 4.22. The molecule has 1 atom stereocenters. The summed E-state index contributed by atoms with van der Waals surface area (Å²) in [7, 11) is 0. The predicted molar refractivity (Wildman–Crippen MR) is 66.6 cm³/mol. The highest BCUT2D eigenvalue weighted by Gasteiger charge is 2.06. The Morgan fingerprint density at radius 1 is 1.47 bits per heavy atom. The molecule has 1 rings (SSSR count). The quantitative estimate of drug-likeness (QED) is 0.778. The molecule has 1 heterocycles. The average molecular weight is 227 g/mol. The number of alkyl halides is 1. The van der Waals surface area contributed by atoms with Gasteiger partial charge in [-0.2, -0.15) is 0 Å². The van der Waals surface area contributed by atoms with Crippen LogP contribution < -0.4 is 5.32 Å². The second kappa shape index (κ2) is 5.96. The SMILES string of the molecule is Cc1ccnc(NCC(Cl)CC(C)C)c1. The second-order valence-electron chi connectivity index (χ2n) is 4.33. The van der Waals surface area contributed by atoms with Gasteiger partial charge in [0.05, 0.1) is 5.38 Å². The molecule has 3 heteroatoms. The summed E-state index contributed by atoms with van der Waals surface area (Å²) in [6.45, 7) is 7.19. The number of nitrogens with one attached hydrogen (secondary N) is 1. The molecule has 1 aromatic rings. The van der Waals surface area contributed by atoms with Crippen LogP contribution in [-0.4, -0.2) is 16.9 Å². The Morgan fingerprint density at radius 2 is 2.20 bits per heavy atom. The van der Waals surface area contributed by atoms with E-state index in [-0.39, 0.29) is 5.38 Å². The molecule has 0 saturated heterocycles. The molecular weight excluding hydrogens is 208 g/mol. The van der Waals surface area contributed by atoms with Crippen molar-refractivity contribution in [1.82, 2.24) is 4.98 Å². The summed E-state index contributed by atoms with van der Waals surface area (Å²) >= 11 is 6.18. The van der Waals surface area contributed by atoms with Crippen molar-refractivity contribution in [3.63, 3.8) is 0 Å². The fraction of sp³-hybridized carbons (Fsp3) is 0.583. The summed E-state index contributed by atoms with van der Waals surface area (Å²) in [5.74, 6) is 1.55. The molecular formula is C12H19ClN2. The van der Waals surface area contributed by atoms with E-state index in [1.54, 1.807) is 0 Å². The molecule has 15 heavy (non-hydrogen) atoms. The molecule has 0 bridgehead atoms. The van der Waals surface area contributed by atoms with E-state index in [1.165, 1.54) is 5.56 Å². The van der Waals surface area contributed by atoms with Crippen molar-refractivity contribution < 1.29 is 0 Å². The molecule has 1 unspecified atom stereocenters. The first kappa shape index (κ1) is 12.3. The Kier molecular flexibility index (Phi) is 4.89. The van der Waals surface area contributed by atoms with Crippen LogP contribution in [0, 0.1) is 12.8 Å². The minimum atomic E-state index is 0.173. The number of anilines is 1. The molecule has 84 valence electrons. The highest BCUT2D eigenvalue weighted by molar-refractivity contribution is 6.20. The standard InChI is InChI=1S/C12H19ClN2/c1-9(2)6-11(13)8-15-12-7-10(3)4-5-14-12/h4-5,7,9,11H,6,8H2,1-3H3,(H,14,15). The Bertz CT molecular complexity index is 299. The molecule has 0 radical (unpaired) electrons. The zero-order chi connectivity index (χ0) is 11.3. The predicted octanol–water partition coefficient (Wildman–Crippen LogP) is 3.46. The van der Waals surface area contributed by atoms with Gasteiger partial charge in [0.1, 0.15) is 5.82 Å². The van der Waals surface area contributed by atoms with Gasteiger partial charge in [0, 0.05) is 12.7 Å². The van der Waals surface area contributed by atoms with Crippen LogP contribution in [0.4, 0.5) is 5.82 Å². The van der Waals surface area contributed by atoms with E-state index in [0.717, 1.165) is 18.8 Å². The third-order valence-electron chi connectivity index (χ3n) is 2.15. The first-order valence-electron chi connectivity index (χ1n) is 5.38. The summed E-state index contributed by atoms with van der Waals surface area (Å²) in [5, 5.41) is 3.42. The number of halogens is 1. The maximum atomic E-state index is 6.18. The van der Waals surface area contributed by atoms with Gasteiger partial charge < -0.3 is 5.32 Å². The summed E-state index contributed by atoms with van der Waals surface area (Å²) in [5.41, 5.74) is 1.21. The lowest BCUT2D eigenvalue weighted by atomic mass is 10.1. The van der Waals surface area contributed by atoms with Crippen LogP contribution in [0.15, 0.2) is 18.3 Å². The van der Waals surface area contributed by atoms with Crippen LogP contribution in [0.5, 0.6) is 0 Å². The van der Waals surface area contributed by atoms with Gasteiger partial charge in [-0.3, -0.25) is 0 Å². The maximum absolute atomic E-state index is 6.18. The van der Waals surface area contributed by atoms with Gasteiger partial charge in [0.15, 0.2) is 0 Å².